The number of carbonyl (C=O) groups is 2. The Morgan fingerprint density at radius 1 is 0.935 bits per heavy atom. The van der Waals surface area contributed by atoms with E-state index in [1.807, 2.05) is 56.3 Å². The first kappa shape index (κ1) is 24.6. The van der Waals surface area contributed by atoms with Gasteiger partial charge in [-0.3, -0.25) is 14.5 Å². The molecule has 2 N–H and O–H groups in total. The third-order valence-electron chi connectivity index (χ3n) is 5.26. The quantitative estimate of drug-likeness (QED) is 0.634. The van der Waals surface area contributed by atoms with Crippen molar-refractivity contribution in [3.63, 3.8) is 0 Å². The van der Waals surface area contributed by atoms with Gasteiger partial charge in [0.1, 0.15) is 0 Å². The highest BCUT2D eigenvalue weighted by molar-refractivity contribution is 5.95. The van der Waals surface area contributed by atoms with Crippen LogP contribution in [0.3, 0.4) is 0 Å². The van der Waals surface area contributed by atoms with Crippen LogP contribution in [-0.2, 0) is 19.7 Å². The molecule has 0 heterocycles. The first-order chi connectivity index (χ1) is 14.6. The monoisotopic (exact) mass is 425 g/mol. The van der Waals surface area contributed by atoms with E-state index in [9.17, 15) is 9.59 Å². The Bertz CT molecular complexity index is 886. The number of nitrogens with zero attached hydrogens (tertiary/aromatic N) is 1. The average Bonchev–Trinajstić information content (AvgIpc) is 2.69. The maximum Gasteiger partial charge on any atom is 0.238 e. The number of hydrogen-bond acceptors (Lipinski definition) is 4. The van der Waals surface area contributed by atoms with E-state index in [1.54, 1.807) is 12.0 Å². The molecule has 0 aliphatic rings. The predicted molar refractivity (Wildman–Crippen MR) is 127 cm³/mol. The zero-order valence-electron chi connectivity index (χ0n) is 19.5. The van der Waals surface area contributed by atoms with E-state index in [2.05, 4.69) is 31.4 Å². The molecule has 0 aromatic heterocycles. The molecule has 0 unspecified atom stereocenters. The SMILES string of the molecule is COCCN(CC(=O)Nc1ccc(C(C)(C)C)cc1)CC(=O)Nc1cccc(C)c1C. The number of nitrogens with one attached hydrogen (secondary N) is 2. The van der Waals surface area contributed by atoms with Crippen LogP contribution < -0.4 is 10.6 Å². The number of anilines is 2. The van der Waals surface area contributed by atoms with Crippen molar-refractivity contribution in [2.45, 2.75) is 40.0 Å². The summed E-state index contributed by atoms with van der Waals surface area (Å²) in [6.07, 6.45) is 0. The molecule has 0 aliphatic heterocycles. The summed E-state index contributed by atoms with van der Waals surface area (Å²) in [5, 5.41) is 5.86. The lowest BCUT2D eigenvalue weighted by molar-refractivity contribution is -0.120. The summed E-state index contributed by atoms with van der Waals surface area (Å²) in [6, 6.07) is 13.7. The van der Waals surface area contributed by atoms with Gasteiger partial charge in [-0.05, 0) is 54.2 Å². The van der Waals surface area contributed by atoms with Crippen LogP contribution in [0.25, 0.3) is 0 Å². The number of ether oxygens (including phenoxy) is 1. The number of hydrogen-bond donors (Lipinski definition) is 2. The summed E-state index contributed by atoms with van der Waals surface area (Å²) in [4.78, 5) is 27.0. The van der Waals surface area contributed by atoms with E-state index in [4.69, 9.17) is 4.74 Å². The minimum Gasteiger partial charge on any atom is -0.383 e. The van der Waals surface area contributed by atoms with Gasteiger partial charge >= 0.3 is 0 Å². The van der Waals surface area contributed by atoms with Gasteiger partial charge in [-0.2, -0.15) is 0 Å². The van der Waals surface area contributed by atoms with Gasteiger partial charge in [0, 0.05) is 25.0 Å². The lowest BCUT2D eigenvalue weighted by Gasteiger charge is -2.22. The number of benzene rings is 2. The van der Waals surface area contributed by atoms with Crippen molar-refractivity contribution in [3.8, 4) is 0 Å². The molecule has 0 spiro atoms. The predicted octanol–water partition coefficient (Wildman–Crippen LogP) is 4.13. The fourth-order valence-electron chi connectivity index (χ4n) is 3.17. The zero-order valence-corrected chi connectivity index (χ0v) is 19.5. The number of rotatable bonds is 9. The number of amides is 2. The van der Waals surface area contributed by atoms with E-state index in [0.29, 0.717) is 13.2 Å². The molecule has 0 bridgehead atoms. The first-order valence-corrected chi connectivity index (χ1v) is 10.6. The minimum absolute atomic E-state index is 0.0580. The molecule has 2 amide bonds. The number of carbonyl (C=O) groups excluding carboxylic acids is 2. The van der Waals surface area contributed by atoms with Crippen LogP contribution in [-0.4, -0.2) is 50.1 Å². The fraction of sp³-hybridized carbons (Fsp3) is 0.440. The summed E-state index contributed by atoms with van der Waals surface area (Å²) >= 11 is 0. The summed E-state index contributed by atoms with van der Waals surface area (Å²) in [5.41, 5.74) is 4.95. The Hall–Kier alpha value is -2.70. The Kier molecular flexibility index (Phi) is 8.77. The molecule has 0 atom stereocenters. The van der Waals surface area contributed by atoms with Gasteiger partial charge in [0.15, 0.2) is 0 Å². The standard InChI is InChI=1S/C25H35N3O3/c1-18-8-7-9-22(19(18)2)27-24(30)17-28(14-15-31-6)16-23(29)26-21-12-10-20(11-13-21)25(3,4)5/h7-13H,14-17H2,1-6H3,(H,26,29)(H,27,30). The van der Waals surface area contributed by atoms with Crippen molar-refractivity contribution >= 4 is 23.2 Å². The summed E-state index contributed by atoms with van der Waals surface area (Å²) < 4.78 is 5.15. The van der Waals surface area contributed by atoms with Crippen LogP contribution in [0.1, 0.15) is 37.5 Å². The molecule has 0 saturated heterocycles. The number of methoxy groups -OCH3 is 1. The van der Waals surface area contributed by atoms with Crippen molar-refractivity contribution in [1.29, 1.82) is 0 Å². The summed E-state index contributed by atoms with van der Waals surface area (Å²) in [5.74, 6) is -0.328. The molecule has 2 aromatic rings. The van der Waals surface area contributed by atoms with E-state index in [1.165, 1.54) is 5.56 Å². The lowest BCUT2D eigenvalue weighted by atomic mass is 9.87. The second-order valence-electron chi connectivity index (χ2n) is 8.87. The maximum atomic E-state index is 12.6. The van der Waals surface area contributed by atoms with Gasteiger partial charge in [-0.1, -0.05) is 45.0 Å². The van der Waals surface area contributed by atoms with Crippen LogP contribution in [0, 0.1) is 13.8 Å². The third kappa shape index (κ3) is 7.81. The van der Waals surface area contributed by atoms with E-state index >= 15 is 0 Å². The van der Waals surface area contributed by atoms with Crippen LogP contribution in [0.5, 0.6) is 0 Å². The van der Waals surface area contributed by atoms with Gasteiger partial charge in [-0.25, -0.2) is 0 Å². The highest BCUT2D eigenvalue weighted by atomic mass is 16.5. The highest BCUT2D eigenvalue weighted by Crippen LogP contribution is 2.23. The zero-order chi connectivity index (χ0) is 23.0. The van der Waals surface area contributed by atoms with Gasteiger partial charge < -0.3 is 15.4 Å². The molecule has 31 heavy (non-hydrogen) atoms. The van der Waals surface area contributed by atoms with Crippen molar-refractivity contribution in [2.24, 2.45) is 0 Å². The van der Waals surface area contributed by atoms with Crippen LogP contribution >= 0.6 is 0 Å². The molecular formula is C25H35N3O3. The van der Waals surface area contributed by atoms with Gasteiger partial charge in [0.25, 0.3) is 0 Å². The van der Waals surface area contributed by atoms with Gasteiger partial charge in [0.2, 0.25) is 11.8 Å². The van der Waals surface area contributed by atoms with E-state index in [-0.39, 0.29) is 30.3 Å². The second-order valence-corrected chi connectivity index (χ2v) is 8.87. The van der Waals surface area contributed by atoms with Crippen LogP contribution in [0.15, 0.2) is 42.5 Å². The molecule has 0 aliphatic carbocycles. The molecule has 168 valence electrons. The average molecular weight is 426 g/mol. The number of aryl methyl sites for hydroxylation is 1. The Morgan fingerprint density at radius 2 is 1.55 bits per heavy atom. The lowest BCUT2D eigenvalue weighted by Crippen LogP contribution is -2.40. The Labute approximate surface area is 186 Å². The van der Waals surface area contributed by atoms with Crippen molar-refractivity contribution in [3.05, 3.63) is 59.2 Å². The normalized spacial score (nSPS) is 11.5. The Balaban J connectivity index is 1.97. The van der Waals surface area contributed by atoms with E-state index in [0.717, 1.165) is 22.5 Å². The van der Waals surface area contributed by atoms with Crippen LogP contribution in [0.2, 0.25) is 0 Å². The third-order valence-corrected chi connectivity index (χ3v) is 5.26. The topological polar surface area (TPSA) is 70.7 Å². The second kappa shape index (κ2) is 11.1. The Morgan fingerprint density at radius 3 is 2.13 bits per heavy atom. The first-order valence-electron chi connectivity index (χ1n) is 10.6. The van der Waals surface area contributed by atoms with Gasteiger partial charge in [0.05, 0.1) is 19.7 Å². The smallest absolute Gasteiger partial charge is 0.238 e. The fourth-order valence-corrected chi connectivity index (χ4v) is 3.17. The van der Waals surface area contributed by atoms with Crippen LogP contribution in [0.4, 0.5) is 11.4 Å². The maximum absolute atomic E-state index is 12.6. The van der Waals surface area contributed by atoms with Gasteiger partial charge in [-0.15, -0.1) is 0 Å². The molecule has 0 fully saturated rings. The minimum atomic E-state index is -0.167. The molecule has 2 rings (SSSR count). The van der Waals surface area contributed by atoms with Crippen molar-refractivity contribution < 1.29 is 14.3 Å². The largest absolute Gasteiger partial charge is 0.383 e. The molecule has 6 heteroatoms. The van der Waals surface area contributed by atoms with Crippen molar-refractivity contribution in [2.75, 3.05) is 44.0 Å². The summed E-state index contributed by atoms with van der Waals surface area (Å²) in [7, 11) is 1.60. The molecule has 0 radical (unpaired) electrons. The highest BCUT2D eigenvalue weighted by Gasteiger charge is 2.17. The van der Waals surface area contributed by atoms with E-state index < -0.39 is 0 Å². The summed E-state index contributed by atoms with van der Waals surface area (Å²) in [6.45, 7) is 11.6. The molecule has 6 nitrogen and oxygen atoms in total. The van der Waals surface area contributed by atoms with Crippen molar-refractivity contribution in [1.82, 2.24) is 4.90 Å². The molecular weight excluding hydrogens is 390 g/mol. The molecule has 2 aromatic carbocycles. The molecule has 0 saturated carbocycles.